The molecule has 0 spiro atoms. The van der Waals surface area contributed by atoms with Crippen molar-refractivity contribution < 1.29 is 13.2 Å². The smallest absolute Gasteiger partial charge is 0.167 e. The maximum Gasteiger partial charge on any atom is 0.167 e. The first-order chi connectivity index (χ1) is 27.8. The molecule has 0 atom stereocenters. The van der Waals surface area contributed by atoms with Crippen LogP contribution >= 0.6 is 0 Å². The first kappa shape index (κ1) is 40.0. The van der Waals surface area contributed by atoms with Gasteiger partial charge in [0.1, 0.15) is 5.82 Å². The minimum absolute atomic E-state index is 0.0848. The van der Waals surface area contributed by atoms with E-state index in [1.807, 2.05) is 98.8 Å². The van der Waals surface area contributed by atoms with E-state index >= 15 is 13.2 Å². The molecule has 0 unspecified atom stereocenters. The third kappa shape index (κ3) is 7.49. The molecule has 0 aliphatic carbocycles. The van der Waals surface area contributed by atoms with Crippen LogP contribution in [0.25, 0.3) is 40.5 Å². The summed E-state index contributed by atoms with van der Waals surface area (Å²) in [4.78, 5) is 9.05. The highest BCUT2D eigenvalue weighted by Gasteiger charge is 2.33. The van der Waals surface area contributed by atoms with Gasteiger partial charge in [0.2, 0.25) is 0 Å². The van der Waals surface area contributed by atoms with E-state index in [1.165, 1.54) is 0 Å². The molecule has 5 heteroatoms. The van der Waals surface area contributed by atoms with Crippen molar-refractivity contribution in [2.75, 3.05) is 0 Å². The monoisotopic (exact) mass is 770 g/mol. The molecule has 0 saturated carbocycles. The number of rotatable bonds is 9. The van der Waals surface area contributed by atoms with Crippen LogP contribution in [0.1, 0.15) is 92.0 Å². The number of allylic oxidation sites excluding steroid dienone is 3. The highest BCUT2D eigenvalue weighted by atomic mass is 19.2. The van der Waals surface area contributed by atoms with E-state index in [0.717, 1.165) is 83.6 Å². The van der Waals surface area contributed by atoms with Gasteiger partial charge < -0.3 is 4.98 Å². The van der Waals surface area contributed by atoms with Crippen LogP contribution in [0.3, 0.4) is 0 Å². The zero-order valence-corrected chi connectivity index (χ0v) is 34.8. The Balaban J connectivity index is 1.64. The Morgan fingerprint density at radius 1 is 0.603 bits per heavy atom. The molecule has 292 valence electrons. The average Bonchev–Trinajstić information content (AvgIpc) is 3.67. The number of H-pyrrole nitrogens is 1. The molecule has 0 fully saturated rings. The summed E-state index contributed by atoms with van der Waals surface area (Å²) in [5.74, 6) is -3.16. The first-order valence-corrected chi connectivity index (χ1v) is 19.9. The van der Waals surface area contributed by atoms with Gasteiger partial charge in [0.15, 0.2) is 11.6 Å². The number of aromatic amines is 1. The van der Waals surface area contributed by atoms with E-state index in [-0.39, 0.29) is 17.5 Å². The third-order valence-corrected chi connectivity index (χ3v) is 11.2. The highest BCUT2D eigenvalue weighted by molar-refractivity contribution is 6.34. The predicted octanol–water partition coefficient (Wildman–Crippen LogP) is 14.4. The van der Waals surface area contributed by atoms with Gasteiger partial charge >= 0.3 is 0 Å². The lowest BCUT2D eigenvalue weighted by Crippen LogP contribution is -2.08. The SMILES string of the molecule is CCc1c(F)cc(F)c(F)c1/C(=C1N=C(/C=C/c2ccccc2)C(c2c(C)cc(C)cc2C)=C/1C)c1[nH]c(/C=C/c2ccccc2)c(-c2c(C)cc(C)cc2C)c1C. The normalized spacial score (nSPS) is 14.0. The van der Waals surface area contributed by atoms with Crippen LogP contribution in [0, 0.1) is 65.9 Å². The van der Waals surface area contributed by atoms with Crippen LogP contribution in [-0.2, 0) is 6.42 Å². The number of aromatic nitrogens is 1. The van der Waals surface area contributed by atoms with Crippen molar-refractivity contribution in [3.63, 3.8) is 0 Å². The lowest BCUT2D eigenvalue weighted by atomic mass is 9.85. The van der Waals surface area contributed by atoms with E-state index in [9.17, 15) is 0 Å². The van der Waals surface area contributed by atoms with Gasteiger partial charge in [-0.3, -0.25) is 0 Å². The second-order valence-corrected chi connectivity index (χ2v) is 15.5. The molecule has 1 aliphatic rings. The summed E-state index contributed by atoms with van der Waals surface area (Å²) < 4.78 is 48.5. The van der Waals surface area contributed by atoms with Gasteiger partial charge in [0.25, 0.3) is 0 Å². The van der Waals surface area contributed by atoms with E-state index in [2.05, 4.69) is 70.8 Å². The topological polar surface area (TPSA) is 28.1 Å². The fourth-order valence-electron chi connectivity index (χ4n) is 8.80. The lowest BCUT2D eigenvalue weighted by Gasteiger charge is -2.18. The Bertz CT molecular complexity index is 2690. The van der Waals surface area contributed by atoms with Gasteiger partial charge in [-0.15, -0.1) is 0 Å². The van der Waals surface area contributed by atoms with Gasteiger partial charge in [0.05, 0.1) is 17.1 Å². The molecule has 6 aromatic rings. The van der Waals surface area contributed by atoms with E-state index in [4.69, 9.17) is 4.99 Å². The van der Waals surface area contributed by atoms with Gasteiger partial charge in [-0.05, 0) is 135 Å². The Morgan fingerprint density at radius 2 is 1.12 bits per heavy atom. The van der Waals surface area contributed by atoms with E-state index < -0.39 is 17.5 Å². The largest absolute Gasteiger partial charge is 0.354 e. The van der Waals surface area contributed by atoms with Crippen LogP contribution in [0.15, 0.2) is 113 Å². The molecule has 58 heavy (non-hydrogen) atoms. The molecule has 0 amide bonds. The van der Waals surface area contributed by atoms with Crippen molar-refractivity contribution in [2.45, 2.75) is 68.7 Å². The molecule has 7 rings (SSSR count). The molecule has 2 heterocycles. The standard InChI is InChI=1S/C53H49F3N2/c1-10-40-41(54)29-42(55)51(56)49(40)50(52-36(8)47(45-32(4)25-30(2)26-33(45)5)43(57-52)23-21-38-17-13-11-14-18-38)53-37(9)48(46-34(6)27-31(3)28-35(46)7)44(58-53)24-22-39-19-15-12-16-20-39/h11-29,57H,10H2,1-9H3/b23-21+,24-22+,53-50-. The zero-order valence-electron chi connectivity index (χ0n) is 34.8. The number of aliphatic imine (C=N–C) groups is 1. The third-order valence-electron chi connectivity index (χ3n) is 11.2. The van der Waals surface area contributed by atoms with E-state index in [0.29, 0.717) is 28.7 Å². The Morgan fingerprint density at radius 3 is 1.66 bits per heavy atom. The number of halogens is 3. The number of benzene rings is 5. The van der Waals surface area contributed by atoms with Gasteiger partial charge in [0, 0.05) is 34.0 Å². The summed E-state index contributed by atoms with van der Waals surface area (Å²) in [5.41, 5.74) is 16.8. The molecule has 0 bridgehead atoms. The van der Waals surface area contributed by atoms with Crippen LogP contribution < -0.4 is 0 Å². The van der Waals surface area contributed by atoms with E-state index in [1.54, 1.807) is 6.92 Å². The van der Waals surface area contributed by atoms with Gasteiger partial charge in [-0.1, -0.05) is 115 Å². The number of nitrogens with zero attached hydrogens (tertiary/aromatic N) is 1. The van der Waals surface area contributed by atoms with Crippen LogP contribution in [-0.4, -0.2) is 10.7 Å². The summed E-state index contributed by atoms with van der Waals surface area (Å²) in [5, 5.41) is 0. The van der Waals surface area contributed by atoms with Crippen LogP contribution in [0.2, 0.25) is 0 Å². The summed E-state index contributed by atoms with van der Waals surface area (Å²) >= 11 is 0. The molecule has 1 aromatic heterocycles. The summed E-state index contributed by atoms with van der Waals surface area (Å²) in [6.07, 6.45) is 8.21. The van der Waals surface area contributed by atoms with Crippen molar-refractivity contribution in [3.8, 4) is 11.1 Å². The van der Waals surface area contributed by atoms with Crippen molar-refractivity contribution in [1.29, 1.82) is 0 Å². The molecule has 0 radical (unpaired) electrons. The fourth-order valence-corrected chi connectivity index (χ4v) is 8.80. The molecular formula is C53H49F3N2. The lowest BCUT2D eigenvalue weighted by molar-refractivity contribution is 0.488. The van der Waals surface area contributed by atoms with Crippen molar-refractivity contribution in [3.05, 3.63) is 204 Å². The minimum atomic E-state index is -1.25. The first-order valence-electron chi connectivity index (χ1n) is 19.9. The molecule has 1 N–H and O–H groups in total. The second kappa shape index (κ2) is 16.3. The van der Waals surface area contributed by atoms with Crippen LogP contribution in [0.5, 0.6) is 0 Å². The Labute approximate surface area is 340 Å². The van der Waals surface area contributed by atoms with Gasteiger partial charge in [-0.25, -0.2) is 18.2 Å². The Kier molecular flexibility index (Phi) is 11.3. The number of aryl methyl sites for hydroxylation is 6. The van der Waals surface area contributed by atoms with Gasteiger partial charge in [-0.2, -0.15) is 0 Å². The molecule has 2 nitrogen and oxygen atoms in total. The number of hydrogen-bond donors (Lipinski definition) is 1. The minimum Gasteiger partial charge on any atom is -0.354 e. The summed E-state index contributed by atoms with van der Waals surface area (Å²) in [6.45, 7) is 18.3. The summed E-state index contributed by atoms with van der Waals surface area (Å²) in [7, 11) is 0. The molecular weight excluding hydrogens is 722 g/mol. The summed E-state index contributed by atoms with van der Waals surface area (Å²) in [6, 6.07) is 29.3. The molecule has 5 aromatic carbocycles. The zero-order chi connectivity index (χ0) is 41.4. The quantitative estimate of drug-likeness (QED) is 0.142. The second-order valence-electron chi connectivity index (χ2n) is 15.5. The number of nitrogens with one attached hydrogen (secondary N) is 1. The van der Waals surface area contributed by atoms with Crippen molar-refractivity contribution >= 4 is 35.1 Å². The fraction of sp³-hybridized carbons (Fsp3) is 0.189. The average molecular weight is 771 g/mol. The maximum absolute atomic E-state index is 16.8. The number of hydrogen-bond acceptors (Lipinski definition) is 1. The molecule has 0 saturated heterocycles. The van der Waals surface area contributed by atoms with Crippen molar-refractivity contribution in [1.82, 2.24) is 4.98 Å². The molecule has 1 aliphatic heterocycles. The van der Waals surface area contributed by atoms with Crippen molar-refractivity contribution in [2.24, 2.45) is 4.99 Å². The maximum atomic E-state index is 16.8. The predicted molar refractivity (Wildman–Crippen MR) is 238 cm³/mol. The van der Waals surface area contributed by atoms with Crippen LogP contribution in [0.4, 0.5) is 13.2 Å². The highest BCUT2D eigenvalue weighted by Crippen LogP contribution is 2.47. The Hall–Kier alpha value is -6.20.